The molecule has 0 heterocycles. The van der Waals surface area contributed by atoms with Crippen LogP contribution in [0.2, 0.25) is 0 Å². The molecule has 162 valence electrons. The molecule has 0 saturated carbocycles. The number of carbonyl (C=O) groups is 2. The molecule has 0 aromatic heterocycles. The van der Waals surface area contributed by atoms with Gasteiger partial charge in [-0.25, -0.2) is 4.79 Å². The second-order valence-corrected chi connectivity index (χ2v) is 7.47. The Hall–Kier alpha value is -3.23. The minimum absolute atomic E-state index is 0.0451. The maximum Gasteiger partial charge on any atom is 0.416 e. The summed E-state index contributed by atoms with van der Waals surface area (Å²) in [5, 5.41) is 2.51. The highest BCUT2D eigenvalue weighted by Crippen LogP contribution is 2.33. The largest absolute Gasteiger partial charge is 0.492 e. The standard InChI is InChI=1S/C21H23F3N2O4/c1-20(2,3)30-19(28)26-7-8-29-17-11-14(9-15(12-17)18(25)27)13-5-4-6-16(10-13)21(22,23)24/h4-6,9-12H,7-8H2,1-3H3,(H2,25,27)(H,26,28). The first-order valence-electron chi connectivity index (χ1n) is 9.07. The molecule has 0 bridgehead atoms. The SMILES string of the molecule is CC(C)(C)OC(=O)NCCOc1cc(C(N)=O)cc(-c2cccc(C(F)(F)F)c2)c1. The van der Waals surface area contributed by atoms with E-state index >= 15 is 0 Å². The van der Waals surface area contributed by atoms with Crippen LogP contribution in [0.15, 0.2) is 42.5 Å². The number of benzene rings is 2. The van der Waals surface area contributed by atoms with Gasteiger partial charge in [0.15, 0.2) is 0 Å². The molecule has 0 spiro atoms. The zero-order chi connectivity index (χ0) is 22.5. The third kappa shape index (κ3) is 6.98. The fraction of sp³-hybridized carbons (Fsp3) is 0.333. The van der Waals surface area contributed by atoms with Gasteiger partial charge >= 0.3 is 12.3 Å². The van der Waals surface area contributed by atoms with Crippen molar-refractivity contribution in [2.75, 3.05) is 13.2 Å². The molecule has 0 atom stereocenters. The number of alkyl halides is 3. The number of hydrogen-bond donors (Lipinski definition) is 2. The van der Waals surface area contributed by atoms with Crippen molar-refractivity contribution in [2.24, 2.45) is 5.73 Å². The van der Waals surface area contributed by atoms with Gasteiger partial charge in [0.1, 0.15) is 18.0 Å². The topological polar surface area (TPSA) is 90.7 Å². The molecule has 2 amide bonds. The molecule has 0 fully saturated rings. The van der Waals surface area contributed by atoms with Crippen LogP contribution in [0.1, 0.15) is 36.7 Å². The molecule has 0 aliphatic carbocycles. The van der Waals surface area contributed by atoms with Crippen molar-refractivity contribution in [3.05, 3.63) is 53.6 Å². The second-order valence-electron chi connectivity index (χ2n) is 7.47. The van der Waals surface area contributed by atoms with Crippen LogP contribution < -0.4 is 15.8 Å². The number of rotatable bonds is 6. The van der Waals surface area contributed by atoms with Gasteiger partial charge in [-0.15, -0.1) is 0 Å². The summed E-state index contributed by atoms with van der Waals surface area (Å²) in [5.74, 6) is -0.523. The highest BCUT2D eigenvalue weighted by Gasteiger charge is 2.30. The molecule has 0 aliphatic heterocycles. The van der Waals surface area contributed by atoms with Crippen LogP contribution in [0.5, 0.6) is 5.75 Å². The monoisotopic (exact) mass is 424 g/mol. The molecular formula is C21H23F3N2O4. The minimum Gasteiger partial charge on any atom is -0.492 e. The maximum atomic E-state index is 13.0. The summed E-state index contributed by atoms with van der Waals surface area (Å²) >= 11 is 0. The van der Waals surface area contributed by atoms with Gasteiger partial charge in [-0.2, -0.15) is 13.2 Å². The number of amides is 2. The van der Waals surface area contributed by atoms with Gasteiger partial charge in [0, 0.05) is 5.56 Å². The third-order valence-corrected chi connectivity index (χ3v) is 3.75. The van der Waals surface area contributed by atoms with E-state index in [9.17, 15) is 22.8 Å². The smallest absolute Gasteiger partial charge is 0.416 e. The lowest BCUT2D eigenvalue weighted by molar-refractivity contribution is -0.137. The summed E-state index contributed by atoms with van der Waals surface area (Å²) in [6, 6.07) is 8.98. The van der Waals surface area contributed by atoms with E-state index in [1.54, 1.807) is 20.8 Å². The maximum absolute atomic E-state index is 13.0. The molecule has 6 nitrogen and oxygen atoms in total. The predicted molar refractivity (Wildman–Crippen MR) is 105 cm³/mol. The van der Waals surface area contributed by atoms with E-state index < -0.39 is 29.3 Å². The number of primary amides is 1. The Morgan fingerprint density at radius 1 is 1.03 bits per heavy atom. The number of alkyl carbamates (subject to hydrolysis) is 1. The molecule has 0 aliphatic rings. The first-order chi connectivity index (χ1) is 13.8. The molecule has 2 aromatic rings. The summed E-state index contributed by atoms with van der Waals surface area (Å²) in [6.07, 6.45) is -5.11. The third-order valence-electron chi connectivity index (χ3n) is 3.75. The van der Waals surface area contributed by atoms with Crippen molar-refractivity contribution >= 4 is 12.0 Å². The molecule has 0 unspecified atom stereocenters. The number of halogens is 3. The Labute approximate surface area is 172 Å². The lowest BCUT2D eigenvalue weighted by atomic mass is 10.00. The number of nitrogens with one attached hydrogen (secondary N) is 1. The van der Waals surface area contributed by atoms with E-state index in [1.807, 2.05) is 0 Å². The van der Waals surface area contributed by atoms with E-state index in [2.05, 4.69) is 5.32 Å². The highest BCUT2D eigenvalue weighted by molar-refractivity contribution is 5.94. The highest BCUT2D eigenvalue weighted by atomic mass is 19.4. The van der Waals surface area contributed by atoms with Gasteiger partial charge in [-0.3, -0.25) is 4.79 Å². The average Bonchev–Trinajstić information content (AvgIpc) is 2.63. The first kappa shape index (κ1) is 23.1. The van der Waals surface area contributed by atoms with Crippen LogP contribution in [0, 0.1) is 0 Å². The molecule has 0 saturated heterocycles. The molecule has 30 heavy (non-hydrogen) atoms. The van der Waals surface area contributed by atoms with E-state index in [1.165, 1.54) is 30.3 Å². The van der Waals surface area contributed by atoms with Crippen molar-refractivity contribution in [1.29, 1.82) is 0 Å². The average molecular weight is 424 g/mol. The van der Waals surface area contributed by atoms with Gasteiger partial charge < -0.3 is 20.5 Å². The molecule has 2 rings (SSSR count). The van der Waals surface area contributed by atoms with Gasteiger partial charge in [0.05, 0.1) is 12.1 Å². The van der Waals surface area contributed by atoms with Gasteiger partial charge in [0.25, 0.3) is 0 Å². The van der Waals surface area contributed by atoms with Crippen molar-refractivity contribution in [3.8, 4) is 16.9 Å². The zero-order valence-corrected chi connectivity index (χ0v) is 16.8. The van der Waals surface area contributed by atoms with Crippen molar-refractivity contribution in [3.63, 3.8) is 0 Å². The summed E-state index contributed by atoms with van der Waals surface area (Å²) in [7, 11) is 0. The van der Waals surface area contributed by atoms with Crippen LogP contribution in [0.4, 0.5) is 18.0 Å². The number of carbonyl (C=O) groups excluding carboxylic acids is 2. The van der Waals surface area contributed by atoms with E-state index in [4.69, 9.17) is 15.2 Å². The van der Waals surface area contributed by atoms with Gasteiger partial charge in [0.2, 0.25) is 5.91 Å². The minimum atomic E-state index is -4.50. The van der Waals surface area contributed by atoms with Crippen LogP contribution >= 0.6 is 0 Å². The molecule has 2 aromatic carbocycles. The number of ether oxygens (including phenoxy) is 2. The Bertz CT molecular complexity index is 921. The Morgan fingerprint density at radius 2 is 1.73 bits per heavy atom. The Morgan fingerprint density at radius 3 is 2.33 bits per heavy atom. The van der Waals surface area contributed by atoms with Crippen LogP contribution in [0.25, 0.3) is 11.1 Å². The summed E-state index contributed by atoms with van der Waals surface area (Å²) in [6.45, 7) is 5.35. The van der Waals surface area contributed by atoms with Crippen LogP contribution in [-0.2, 0) is 10.9 Å². The Kier molecular flexibility index (Phi) is 6.96. The molecule has 0 radical (unpaired) electrons. The lowest BCUT2D eigenvalue weighted by Crippen LogP contribution is -2.34. The van der Waals surface area contributed by atoms with Crippen LogP contribution in [-0.4, -0.2) is 30.8 Å². The fourth-order valence-corrected chi connectivity index (χ4v) is 2.50. The summed E-state index contributed by atoms with van der Waals surface area (Å²) < 4.78 is 49.6. The number of nitrogens with two attached hydrogens (primary N) is 1. The van der Waals surface area contributed by atoms with Gasteiger partial charge in [-0.1, -0.05) is 12.1 Å². The Balaban J connectivity index is 2.15. The van der Waals surface area contributed by atoms with Crippen LogP contribution in [0.3, 0.4) is 0 Å². The molecule has 3 N–H and O–H groups in total. The lowest BCUT2D eigenvalue weighted by Gasteiger charge is -2.19. The molecule has 9 heteroatoms. The van der Waals surface area contributed by atoms with E-state index in [-0.39, 0.29) is 30.0 Å². The summed E-state index contributed by atoms with van der Waals surface area (Å²) in [5.41, 5.74) is 4.56. The zero-order valence-electron chi connectivity index (χ0n) is 16.8. The van der Waals surface area contributed by atoms with Crippen molar-refractivity contribution in [1.82, 2.24) is 5.32 Å². The molecular weight excluding hydrogens is 401 g/mol. The predicted octanol–water partition coefficient (Wildman–Crippen LogP) is 4.37. The van der Waals surface area contributed by atoms with E-state index in [0.717, 1.165) is 12.1 Å². The quantitative estimate of drug-likeness (QED) is 0.674. The normalized spacial score (nSPS) is 11.7. The van der Waals surface area contributed by atoms with Crippen molar-refractivity contribution < 1.29 is 32.2 Å². The first-order valence-corrected chi connectivity index (χ1v) is 9.07. The number of hydrogen-bond acceptors (Lipinski definition) is 4. The summed E-state index contributed by atoms with van der Waals surface area (Å²) in [4.78, 5) is 23.3. The fourth-order valence-electron chi connectivity index (χ4n) is 2.50. The van der Waals surface area contributed by atoms with Gasteiger partial charge in [-0.05, 0) is 62.2 Å². The van der Waals surface area contributed by atoms with E-state index in [0.29, 0.717) is 5.56 Å². The second kappa shape index (κ2) is 9.06. The van der Waals surface area contributed by atoms with Crippen molar-refractivity contribution in [2.45, 2.75) is 32.5 Å².